The van der Waals surface area contributed by atoms with Gasteiger partial charge in [0.15, 0.2) is 0 Å². The topological polar surface area (TPSA) is 22.4 Å². The number of hydrogen-bond acceptors (Lipinski definition) is 2. The molecule has 198 valence electrons. The predicted molar refractivity (Wildman–Crippen MR) is 173 cm³/mol. The molecule has 6 aromatic carbocycles. The van der Waals surface area contributed by atoms with Gasteiger partial charge in [-0.3, -0.25) is 0 Å². The molecule has 0 fully saturated rings. The van der Waals surface area contributed by atoms with Gasteiger partial charge in [-0.15, -0.1) is 0 Å². The first-order chi connectivity index (χ1) is 22.5. The van der Waals surface area contributed by atoms with Crippen LogP contribution in [0.1, 0.15) is 17.0 Å². The highest BCUT2D eigenvalue weighted by Gasteiger charge is 2.35. The summed E-state index contributed by atoms with van der Waals surface area (Å²) in [5.74, 6) is 1.73. The highest BCUT2D eigenvalue weighted by Crippen LogP contribution is 2.48. The lowest BCUT2D eigenvalue weighted by Gasteiger charge is -2.17. The van der Waals surface area contributed by atoms with Crippen LogP contribution in [-0.2, 0) is 0 Å². The molecule has 2 heteroatoms. The van der Waals surface area contributed by atoms with Crippen LogP contribution in [0, 0.1) is 0 Å². The van der Waals surface area contributed by atoms with Crippen molar-refractivity contribution < 1.29 is 14.6 Å². The van der Waals surface area contributed by atoms with Crippen molar-refractivity contribution in [3.63, 3.8) is 0 Å². The fraction of sp³-hybridized carbons (Fsp3) is 0.0500. The van der Waals surface area contributed by atoms with Gasteiger partial charge in [-0.2, -0.15) is 0 Å². The molecule has 2 aliphatic rings. The second-order valence-electron chi connectivity index (χ2n) is 10.8. The Morgan fingerprint density at radius 3 is 2.02 bits per heavy atom. The maximum Gasteiger partial charge on any atom is 0.135 e. The zero-order chi connectivity index (χ0) is 31.1. The van der Waals surface area contributed by atoms with Gasteiger partial charge in [-0.05, 0) is 74.1 Å². The molecule has 2 unspecified atom stereocenters. The lowest BCUT2D eigenvalue weighted by Crippen LogP contribution is -2.15. The third-order valence-corrected chi connectivity index (χ3v) is 8.46. The lowest BCUT2D eigenvalue weighted by atomic mass is 9.86. The Hall–Kier alpha value is -5.34. The summed E-state index contributed by atoms with van der Waals surface area (Å²) in [6.07, 6.45) is 8.31. The van der Waals surface area contributed by atoms with Crippen molar-refractivity contribution >= 4 is 32.5 Å². The molecule has 0 amide bonds. The first kappa shape index (κ1) is 19.7. The summed E-state index contributed by atoms with van der Waals surface area (Å²) < 4.78 is 49.0. The molecule has 1 aliphatic carbocycles. The molecular formula is C40H26O2. The Morgan fingerprint density at radius 2 is 1.29 bits per heavy atom. The molecule has 7 aromatic rings. The molecule has 0 bridgehead atoms. The van der Waals surface area contributed by atoms with Crippen LogP contribution in [0.15, 0.2) is 150 Å². The second-order valence-corrected chi connectivity index (χ2v) is 10.8. The molecule has 2 atom stereocenters. The van der Waals surface area contributed by atoms with Gasteiger partial charge in [0.2, 0.25) is 0 Å². The van der Waals surface area contributed by atoms with Crippen molar-refractivity contribution in [2.24, 2.45) is 0 Å². The zero-order valence-electron chi connectivity index (χ0n) is 26.5. The van der Waals surface area contributed by atoms with Crippen LogP contribution in [0.5, 0.6) is 5.75 Å². The Kier molecular flexibility index (Phi) is 4.26. The average Bonchev–Trinajstić information content (AvgIpc) is 3.69. The van der Waals surface area contributed by atoms with Crippen LogP contribution in [0.2, 0.25) is 0 Å². The van der Waals surface area contributed by atoms with Crippen LogP contribution in [0.4, 0.5) is 0 Å². The van der Waals surface area contributed by atoms with E-state index in [-0.39, 0.29) is 36.2 Å². The lowest BCUT2D eigenvalue weighted by molar-refractivity contribution is 0.269. The van der Waals surface area contributed by atoms with Crippen LogP contribution in [-0.4, -0.2) is 6.10 Å². The molecule has 0 N–H and O–H groups in total. The van der Waals surface area contributed by atoms with Crippen LogP contribution in [0.3, 0.4) is 0 Å². The first-order valence-corrected chi connectivity index (χ1v) is 14.2. The standard InChI is InChI=1S/C40H26O2/c1-2-11-25(12-3-1)38-28-13-4-6-15-30(28)39(31-16-7-5-14-29(31)38)26-21-22-34-27(23-26)24-37(41-34)33-18-10-20-36-40(33)32-17-8-9-19-35(32)42-36/h1-24,32,35H/i13D,14D,15D,16D. The summed E-state index contributed by atoms with van der Waals surface area (Å²) in [7, 11) is 0. The molecule has 1 aromatic heterocycles. The van der Waals surface area contributed by atoms with Gasteiger partial charge in [-0.25, -0.2) is 0 Å². The van der Waals surface area contributed by atoms with E-state index < -0.39 is 0 Å². The molecular weight excluding hydrogens is 512 g/mol. The van der Waals surface area contributed by atoms with E-state index >= 15 is 0 Å². The minimum atomic E-state index is -0.0282. The fourth-order valence-electron chi connectivity index (χ4n) is 6.65. The minimum absolute atomic E-state index is 0.0282. The van der Waals surface area contributed by atoms with E-state index in [0.717, 1.165) is 44.7 Å². The highest BCUT2D eigenvalue weighted by molar-refractivity contribution is 6.21. The summed E-state index contributed by atoms with van der Waals surface area (Å²) >= 11 is 0. The second kappa shape index (κ2) is 9.09. The quantitative estimate of drug-likeness (QED) is 0.207. The predicted octanol–water partition coefficient (Wildman–Crippen LogP) is 10.7. The molecule has 0 saturated heterocycles. The van der Waals surface area contributed by atoms with E-state index in [4.69, 9.17) is 14.6 Å². The number of furan rings is 1. The zero-order valence-corrected chi connectivity index (χ0v) is 22.5. The largest absolute Gasteiger partial charge is 0.485 e. The average molecular weight is 543 g/mol. The van der Waals surface area contributed by atoms with Gasteiger partial charge >= 0.3 is 0 Å². The summed E-state index contributed by atoms with van der Waals surface area (Å²) in [4.78, 5) is 0. The van der Waals surface area contributed by atoms with Crippen molar-refractivity contribution in [2.45, 2.75) is 12.0 Å². The SMILES string of the molecule is [2H]c1ccc([2H])c2c(-c3ccc4oc(-c5cccc6c5C5C=CC=CC5O6)cc4c3)c3c([2H])ccc([2H])c3c(-c3ccccc3)c12. The Balaban J connectivity index is 1.31. The Bertz CT molecular complexity index is 2390. The van der Waals surface area contributed by atoms with E-state index in [0.29, 0.717) is 32.7 Å². The van der Waals surface area contributed by atoms with Crippen molar-refractivity contribution in [1.29, 1.82) is 0 Å². The molecule has 9 rings (SSSR count). The summed E-state index contributed by atoms with van der Waals surface area (Å²) in [5, 5.41) is 3.30. The van der Waals surface area contributed by atoms with Crippen molar-refractivity contribution in [3.8, 4) is 39.3 Å². The van der Waals surface area contributed by atoms with Gasteiger partial charge in [0.25, 0.3) is 0 Å². The maximum atomic E-state index is 9.10. The Labute approximate surface area is 249 Å². The minimum Gasteiger partial charge on any atom is -0.485 e. The Morgan fingerprint density at radius 1 is 0.595 bits per heavy atom. The summed E-state index contributed by atoms with van der Waals surface area (Å²) in [6.45, 7) is 0. The van der Waals surface area contributed by atoms with Crippen molar-refractivity contribution in [3.05, 3.63) is 151 Å². The summed E-state index contributed by atoms with van der Waals surface area (Å²) in [5.41, 5.74) is 5.87. The molecule has 2 heterocycles. The van der Waals surface area contributed by atoms with E-state index in [2.05, 4.69) is 24.3 Å². The molecule has 0 saturated carbocycles. The van der Waals surface area contributed by atoms with E-state index in [1.165, 1.54) is 0 Å². The third-order valence-electron chi connectivity index (χ3n) is 8.46. The number of hydrogen-bond donors (Lipinski definition) is 0. The fourth-order valence-corrected chi connectivity index (χ4v) is 6.65. The van der Waals surface area contributed by atoms with Crippen molar-refractivity contribution in [1.82, 2.24) is 0 Å². The molecule has 2 nitrogen and oxygen atoms in total. The van der Waals surface area contributed by atoms with Gasteiger partial charge in [-0.1, -0.05) is 115 Å². The van der Waals surface area contributed by atoms with E-state index in [9.17, 15) is 0 Å². The van der Waals surface area contributed by atoms with E-state index in [1.54, 1.807) is 24.3 Å². The van der Waals surface area contributed by atoms with Gasteiger partial charge in [0, 0.05) is 22.4 Å². The summed E-state index contributed by atoms with van der Waals surface area (Å²) in [6, 6.07) is 31.5. The number of allylic oxidation sites excluding steroid dienone is 2. The number of ether oxygens (including phenoxy) is 1. The third kappa shape index (κ3) is 3.45. The van der Waals surface area contributed by atoms with Crippen LogP contribution < -0.4 is 4.74 Å². The highest BCUT2D eigenvalue weighted by atomic mass is 16.5. The first-order valence-electron chi connectivity index (χ1n) is 16.2. The smallest absolute Gasteiger partial charge is 0.135 e. The van der Waals surface area contributed by atoms with E-state index in [1.807, 2.05) is 72.8 Å². The number of rotatable bonds is 3. The van der Waals surface area contributed by atoms with Gasteiger partial charge < -0.3 is 9.15 Å². The normalized spacial score (nSPS) is 18.4. The van der Waals surface area contributed by atoms with Gasteiger partial charge in [0.1, 0.15) is 23.2 Å². The molecule has 1 aliphatic heterocycles. The van der Waals surface area contributed by atoms with Crippen LogP contribution in [0.25, 0.3) is 66.1 Å². The molecule has 0 spiro atoms. The van der Waals surface area contributed by atoms with Crippen LogP contribution >= 0.6 is 0 Å². The van der Waals surface area contributed by atoms with Gasteiger partial charge in [0.05, 0.1) is 5.48 Å². The molecule has 42 heavy (non-hydrogen) atoms. The number of benzene rings is 6. The maximum absolute atomic E-state index is 9.10. The van der Waals surface area contributed by atoms with Crippen molar-refractivity contribution in [2.75, 3.05) is 0 Å². The molecule has 0 radical (unpaired) electrons. The number of fused-ring (bicyclic) bond motifs is 6. The monoisotopic (exact) mass is 542 g/mol.